The lowest BCUT2D eigenvalue weighted by atomic mass is 9.92. The van der Waals surface area contributed by atoms with E-state index < -0.39 is 23.1 Å². The molecule has 1 aliphatic rings. The van der Waals surface area contributed by atoms with E-state index in [4.69, 9.17) is 5.73 Å². The standard InChI is InChI=1S/C22H26F3N7O/c1-31(2)20(33)11-32-18-9-19(28-14-5-3-13(26)4-6-14)27-10-17(18)29-22(32)30-21-15(24)7-12(23)8-16(21)25/h7-10,13-14H,3-6,11,26H2,1-2H3,(H,27,28)(H,29,30). The fourth-order valence-electron chi connectivity index (χ4n) is 3.89. The summed E-state index contributed by atoms with van der Waals surface area (Å²) in [6, 6.07) is 3.35. The van der Waals surface area contributed by atoms with Gasteiger partial charge in [-0.25, -0.2) is 23.1 Å². The van der Waals surface area contributed by atoms with Crippen molar-refractivity contribution in [2.45, 2.75) is 44.3 Å². The Morgan fingerprint density at radius 3 is 2.45 bits per heavy atom. The Bertz CT molecular complexity index is 1150. The third-order valence-electron chi connectivity index (χ3n) is 5.79. The Morgan fingerprint density at radius 1 is 1.15 bits per heavy atom. The molecule has 1 aliphatic carbocycles. The van der Waals surface area contributed by atoms with Gasteiger partial charge in [0.2, 0.25) is 11.9 Å². The number of aromatic nitrogens is 3. The Hall–Kier alpha value is -3.34. The molecule has 4 N–H and O–H groups in total. The fraction of sp³-hybridized carbons (Fsp3) is 0.409. The monoisotopic (exact) mass is 461 g/mol. The highest BCUT2D eigenvalue weighted by Crippen LogP contribution is 2.29. The quantitative estimate of drug-likeness (QED) is 0.521. The molecule has 1 aromatic carbocycles. The largest absolute Gasteiger partial charge is 0.367 e. The average Bonchev–Trinajstić information content (AvgIpc) is 3.08. The maximum atomic E-state index is 14.2. The second-order valence-corrected chi connectivity index (χ2v) is 8.49. The molecule has 2 heterocycles. The number of halogens is 3. The molecule has 33 heavy (non-hydrogen) atoms. The van der Waals surface area contributed by atoms with Gasteiger partial charge in [0.1, 0.15) is 29.4 Å². The van der Waals surface area contributed by atoms with Gasteiger partial charge < -0.3 is 25.8 Å². The van der Waals surface area contributed by atoms with Crippen LogP contribution in [0.2, 0.25) is 0 Å². The Kier molecular flexibility index (Phi) is 6.41. The molecule has 0 spiro atoms. The number of nitrogens with one attached hydrogen (secondary N) is 2. The molecule has 2 aromatic heterocycles. The first-order chi connectivity index (χ1) is 15.7. The number of pyridine rings is 1. The SMILES string of the molecule is CN(C)C(=O)Cn1c(Nc2c(F)cc(F)cc2F)nc2cnc(NC3CCC(N)CC3)cc21. The molecule has 0 radical (unpaired) electrons. The number of hydrogen-bond acceptors (Lipinski definition) is 6. The van der Waals surface area contributed by atoms with Crippen molar-refractivity contribution < 1.29 is 18.0 Å². The molecule has 0 bridgehead atoms. The van der Waals surface area contributed by atoms with Gasteiger partial charge in [-0.3, -0.25) is 4.79 Å². The summed E-state index contributed by atoms with van der Waals surface area (Å²) in [6.07, 6.45) is 5.24. The third kappa shape index (κ3) is 5.03. The second-order valence-electron chi connectivity index (χ2n) is 8.49. The summed E-state index contributed by atoms with van der Waals surface area (Å²) < 4.78 is 43.3. The molecule has 1 saturated carbocycles. The zero-order chi connectivity index (χ0) is 23.7. The van der Waals surface area contributed by atoms with Crippen LogP contribution in [0.4, 0.5) is 30.6 Å². The molecular weight excluding hydrogens is 435 g/mol. The lowest BCUT2D eigenvalue weighted by molar-refractivity contribution is -0.129. The highest BCUT2D eigenvalue weighted by molar-refractivity contribution is 5.85. The molecule has 0 aliphatic heterocycles. The average molecular weight is 461 g/mol. The van der Waals surface area contributed by atoms with Crippen molar-refractivity contribution in [3.8, 4) is 0 Å². The number of fused-ring (bicyclic) bond motifs is 1. The van der Waals surface area contributed by atoms with E-state index in [9.17, 15) is 18.0 Å². The van der Waals surface area contributed by atoms with Crippen LogP contribution in [0, 0.1) is 17.5 Å². The van der Waals surface area contributed by atoms with Crippen molar-refractivity contribution in [2.75, 3.05) is 24.7 Å². The molecule has 176 valence electrons. The molecule has 0 unspecified atom stereocenters. The number of anilines is 3. The first-order valence-electron chi connectivity index (χ1n) is 10.7. The first kappa shape index (κ1) is 22.8. The summed E-state index contributed by atoms with van der Waals surface area (Å²) in [5.41, 5.74) is 6.41. The lowest BCUT2D eigenvalue weighted by Gasteiger charge is -2.27. The fourth-order valence-corrected chi connectivity index (χ4v) is 3.89. The van der Waals surface area contributed by atoms with Crippen LogP contribution >= 0.6 is 0 Å². The van der Waals surface area contributed by atoms with Crippen molar-refractivity contribution in [1.29, 1.82) is 0 Å². The van der Waals surface area contributed by atoms with Crippen molar-refractivity contribution >= 4 is 34.4 Å². The lowest BCUT2D eigenvalue weighted by Crippen LogP contribution is -2.33. The summed E-state index contributed by atoms with van der Waals surface area (Å²) >= 11 is 0. The number of carbonyl (C=O) groups is 1. The molecule has 1 amide bonds. The topological polar surface area (TPSA) is 101 Å². The smallest absolute Gasteiger partial charge is 0.242 e. The third-order valence-corrected chi connectivity index (χ3v) is 5.79. The highest BCUT2D eigenvalue weighted by atomic mass is 19.1. The summed E-state index contributed by atoms with van der Waals surface area (Å²) in [5.74, 6) is -2.86. The molecule has 11 heteroatoms. The van der Waals surface area contributed by atoms with E-state index >= 15 is 0 Å². The van der Waals surface area contributed by atoms with Crippen LogP contribution in [0.15, 0.2) is 24.4 Å². The number of benzene rings is 1. The number of hydrogen-bond donors (Lipinski definition) is 3. The van der Waals surface area contributed by atoms with Gasteiger partial charge in [0.25, 0.3) is 0 Å². The number of amides is 1. The van der Waals surface area contributed by atoms with Crippen molar-refractivity contribution in [1.82, 2.24) is 19.4 Å². The van der Waals surface area contributed by atoms with E-state index in [0.717, 1.165) is 25.7 Å². The summed E-state index contributed by atoms with van der Waals surface area (Å²) in [5, 5.41) is 5.97. The number of nitrogens with two attached hydrogens (primary N) is 1. The Balaban J connectivity index is 1.70. The van der Waals surface area contributed by atoms with Gasteiger partial charge in [0.05, 0.1) is 11.7 Å². The number of nitrogens with zero attached hydrogens (tertiary/aromatic N) is 4. The summed E-state index contributed by atoms with van der Waals surface area (Å²) in [4.78, 5) is 22.7. The van der Waals surface area contributed by atoms with Gasteiger partial charge in [-0.1, -0.05) is 0 Å². The molecule has 1 fully saturated rings. The van der Waals surface area contributed by atoms with E-state index in [-0.39, 0.29) is 30.5 Å². The van der Waals surface area contributed by atoms with Crippen molar-refractivity contribution in [2.24, 2.45) is 5.73 Å². The molecule has 4 rings (SSSR count). The van der Waals surface area contributed by atoms with E-state index in [2.05, 4.69) is 20.6 Å². The minimum absolute atomic E-state index is 0.0344. The number of likely N-dealkylation sites (N-methyl/N-ethyl adjacent to an activating group) is 1. The molecule has 0 atom stereocenters. The number of carbonyl (C=O) groups excluding carboxylic acids is 1. The van der Waals surface area contributed by atoms with E-state index in [1.165, 1.54) is 15.7 Å². The van der Waals surface area contributed by atoms with Gasteiger partial charge in [-0.15, -0.1) is 0 Å². The summed E-state index contributed by atoms with van der Waals surface area (Å²) in [6.45, 7) is -0.127. The van der Waals surface area contributed by atoms with Crippen LogP contribution < -0.4 is 16.4 Å². The minimum atomic E-state index is -1.11. The van der Waals surface area contributed by atoms with E-state index in [0.29, 0.717) is 29.0 Å². The van der Waals surface area contributed by atoms with E-state index in [1.54, 1.807) is 20.2 Å². The van der Waals surface area contributed by atoms with Crippen LogP contribution in [-0.4, -0.2) is 51.5 Å². The summed E-state index contributed by atoms with van der Waals surface area (Å²) in [7, 11) is 3.21. The maximum absolute atomic E-state index is 14.2. The van der Waals surface area contributed by atoms with E-state index in [1.807, 2.05) is 0 Å². The predicted octanol–water partition coefficient (Wildman–Crippen LogP) is 3.36. The highest BCUT2D eigenvalue weighted by Gasteiger charge is 2.21. The van der Waals surface area contributed by atoms with Crippen molar-refractivity contribution in [3.63, 3.8) is 0 Å². The van der Waals surface area contributed by atoms with Gasteiger partial charge >= 0.3 is 0 Å². The molecule has 0 saturated heterocycles. The molecule has 8 nitrogen and oxygen atoms in total. The van der Waals surface area contributed by atoms with Crippen molar-refractivity contribution in [3.05, 3.63) is 41.8 Å². The Labute approximate surface area is 189 Å². The Morgan fingerprint density at radius 2 is 1.82 bits per heavy atom. The zero-order valence-corrected chi connectivity index (χ0v) is 18.4. The van der Waals surface area contributed by atoms with Crippen LogP contribution in [0.1, 0.15) is 25.7 Å². The molecule has 3 aromatic rings. The van der Waals surface area contributed by atoms with Crippen LogP contribution in [-0.2, 0) is 11.3 Å². The number of rotatable bonds is 6. The maximum Gasteiger partial charge on any atom is 0.242 e. The first-order valence-corrected chi connectivity index (χ1v) is 10.7. The zero-order valence-electron chi connectivity index (χ0n) is 18.4. The minimum Gasteiger partial charge on any atom is -0.367 e. The van der Waals surface area contributed by atoms with Crippen LogP contribution in [0.3, 0.4) is 0 Å². The van der Waals surface area contributed by atoms with Gasteiger partial charge in [0.15, 0.2) is 11.6 Å². The van der Waals surface area contributed by atoms with Crippen LogP contribution in [0.5, 0.6) is 0 Å². The number of imidazole rings is 1. The second kappa shape index (κ2) is 9.26. The van der Waals surface area contributed by atoms with Gasteiger partial charge in [-0.2, -0.15) is 0 Å². The normalized spacial score (nSPS) is 18.4. The van der Waals surface area contributed by atoms with Gasteiger partial charge in [-0.05, 0) is 25.7 Å². The predicted molar refractivity (Wildman–Crippen MR) is 120 cm³/mol. The van der Waals surface area contributed by atoms with Crippen LogP contribution in [0.25, 0.3) is 11.0 Å². The molecular formula is C22H26F3N7O. The van der Waals surface area contributed by atoms with Gasteiger partial charge in [0, 0.05) is 44.4 Å².